The quantitative estimate of drug-likeness (QED) is 0.833. The van der Waals surface area contributed by atoms with Crippen LogP contribution >= 0.6 is 0 Å². The van der Waals surface area contributed by atoms with Gasteiger partial charge in [0.15, 0.2) is 11.6 Å². The van der Waals surface area contributed by atoms with Crippen molar-refractivity contribution in [1.82, 2.24) is 0 Å². The highest BCUT2D eigenvalue weighted by Gasteiger charge is 2.39. The average molecular weight is 213 g/mol. The number of rotatable bonds is 3. The van der Waals surface area contributed by atoms with Gasteiger partial charge in [0.2, 0.25) is 5.82 Å². The number of ether oxygens (including phenoxy) is 1. The first kappa shape index (κ1) is 10.4. The van der Waals surface area contributed by atoms with Crippen LogP contribution in [0.2, 0.25) is 0 Å². The summed E-state index contributed by atoms with van der Waals surface area (Å²) in [4.78, 5) is 0. The molecule has 4 heteroatoms. The largest absolute Gasteiger partial charge is 0.493 e. The fraction of sp³-hybridized carbons (Fsp3) is 0.455. The third kappa shape index (κ3) is 1.69. The van der Waals surface area contributed by atoms with Gasteiger partial charge in [-0.25, -0.2) is 4.39 Å². The number of methoxy groups -OCH3 is 1. The number of benzene rings is 1. The molecule has 1 fully saturated rings. The number of halogens is 2. The summed E-state index contributed by atoms with van der Waals surface area (Å²) < 4.78 is 31.2. The van der Waals surface area contributed by atoms with Gasteiger partial charge in [-0.2, -0.15) is 4.39 Å². The molecule has 1 aliphatic carbocycles. The van der Waals surface area contributed by atoms with Crippen LogP contribution in [-0.2, 0) is 0 Å². The van der Waals surface area contributed by atoms with E-state index in [2.05, 4.69) is 0 Å². The van der Waals surface area contributed by atoms with Crippen LogP contribution in [0, 0.1) is 17.6 Å². The van der Waals surface area contributed by atoms with Gasteiger partial charge in [0.25, 0.3) is 0 Å². The second-order valence-electron chi connectivity index (χ2n) is 3.82. The summed E-state index contributed by atoms with van der Waals surface area (Å²) in [6.45, 7) is 0.576. The summed E-state index contributed by atoms with van der Waals surface area (Å²) in [6, 6.07) is 2.72. The normalized spacial score (nSPS) is 24.0. The van der Waals surface area contributed by atoms with Gasteiger partial charge in [-0.3, -0.25) is 0 Å². The molecule has 0 radical (unpaired) electrons. The highest BCUT2D eigenvalue weighted by atomic mass is 19.2. The molecule has 0 spiro atoms. The molecule has 1 aromatic rings. The molecule has 0 bridgehead atoms. The van der Waals surface area contributed by atoms with Crippen molar-refractivity contribution in [2.75, 3.05) is 13.7 Å². The minimum Gasteiger partial charge on any atom is -0.493 e. The summed E-state index contributed by atoms with van der Waals surface area (Å²) in [6.07, 6.45) is 0.929. The maximum absolute atomic E-state index is 13.4. The van der Waals surface area contributed by atoms with Gasteiger partial charge in [-0.15, -0.1) is 0 Å². The van der Waals surface area contributed by atoms with Gasteiger partial charge in [0, 0.05) is 5.56 Å². The first-order valence-electron chi connectivity index (χ1n) is 4.91. The summed E-state index contributed by atoms with van der Waals surface area (Å²) in [5, 5.41) is 0. The predicted octanol–water partition coefficient (Wildman–Crippen LogP) is 2.04. The second kappa shape index (κ2) is 3.77. The molecule has 2 nitrogen and oxygen atoms in total. The molecular formula is C11H13F2NO. The lowest BCUT2D eigenvalue weighted by molar-refractivity contribution is 0.366. The van der Waals surface area contributed by atoms with E-state index in [9.17, 15) is 8.78 Å². The Labute approximate surface area is 87.0 Å². The number of nitrogens with two attached hydrogens (primary N) is 1. The van der Waals surface area contributed by atoms with Crippen molar-refractivity contribution in [3.8, 4) is 5.75 Å². The Bertz CT molecular complexity index is 381. The van der Waals surface area contributed by atoms with E-state index in [1.54, 1.807) is 6.07 Å². The third-order valence-corrected chi connectivity index (χ3v) is 2.91. The van der Waals surface area contributed by atoms with E-state index < -0.39 is 11.6 Å². The van der Waals surface area contributed by atoms with Gasteiger partial charge in [-0.1, -0.05) is 6.07 Å². The first-order valence-corrected chi connectivity index (χ1v) is 4.91. The highest BCUT2D eigenvalue weighted by molar-refractivity contribution is 5.41. The van der Waals surface area contributed by atoms with Crippen LogP contribution in [0.4, 0.5) is 8.78 Å². The van der Waals surface area contributed by atoms with Gasteiger partial charge < -0.3 is 10.5 Å². The maximum atomic E-state index is 13.4. The van der Waals surface area contributed by atoms with Crippen molar-refractivity contribution < 1.29 is 13.5 Å². The Morgan fingerprint density at radius 3 is 2.73 bits per heavy atom. The van der Waals surface area contributed by atoms with Crippen molar-refractivity contribution in [3.63, 3.8) is 0 Å². The smallest absolute Gasteiger partial charge is 0.200 e. The van der Waals surface area contributed by atoms with E-state index in [4.69, 9.17) is 10.5 Å². The van der Waals surface area contributed by atoms with E-state index in [1.165, 1.54) is 7.11 Å². The van der Waals surface area contributed by atoms with Crippen LogP contribution < -0.4 is 10.5 Å². The topological polar surface area (TPSA) is 35.2 Å². The van der Waals surface area contributed by atoms with Gasteiger partial charge in [-0.05, 0) is 30.9 Å². The van der Waals surface area contributed by atoms with Crippen molar-refractivity contribution in [3.05, 3.63) is 29.3 Å². The monoisotopic (exact) mass is 213 g/mol. The van der Waals surface area contributed by atoms with E-state index in [0.717, 1.165) is 18.1 Å². The Morgan fingerprint density at radius 2 is 2.20 bits per heavy atom. The minimum absolute atomic E-state index is 0.0240. The molecule has 82 valence electrons. The molecule has 2 N–H and O–H groups in total. The Balaban J connectivity index is 2.36. The SMILES string of the molecule is COc1c([C@@H]2C[C@H]2CN)ccc(F)c1F. The van der Waals surface area contributed by atoms with Crippen LogP contribution in [-0.4, -0.2) is 13.7 Å². The molecule has 15 heavy (non-hydrogen) atoms. The number of hydrogen-bond donors (Lipinski definition) is 1. The molecule has 1 saturated carbocycles. The third-order valence-electron chi connectivity index (χ3n) is 2.91. The summed E-state index contributed by atoms with van der Waals surface area (Å²) in [5.74, 6) is -1.15. The maximum Gasteiger partial charge on any atom is 0.200 e. The molecule has 0 aromatic heterocycles. The van der Waals surface area contributed by atoms with Crippen molar-refractivity contribution in [2.24, 2.45) is 11.7 Å². The zero-order chi connectivity index (χ0) is 11.0. The molecule has 0 aliphatic heterocycles. The van der Waals surface area contributed by atoms with Crippen LogP contribution in [0.5, 0.6) is 5.75 Å². The van der Waals surface area contributed by atoms with Gasteiger partial charge in [0.05, 0.1) is 7.11 Å². The molecule has 0 unspecified atom stereocenters. The Kier molecular flexibility index (Phi) is 2.61. The second-order valence-corrected chi connectivity index (χ2v) is 3.82. The zero-order valence-corrected chi connectivity index (χ0v) is 8.47. The lowest BCUT2D eigenvalue weighted by atomic mass is 10.1. The van der Waals surface area contributed by atoms with Gasteiger partial charge >= 0.3 is 0 Å². The standard InChI is InChI=1S/C11H13F2NO/c1-15-11-7(8-4-6(8)5-14)2-3-9(12)10(11)13/h2-3,6,8H,4-5,14H2,1H3/t6-,8+/m0/s1. The predicted molar refractivity (Wildman–Crippen MR) is 52.8 cm³/mol. The van der Waals surface area contributed by atoms with Crippen molar-refractivity contribution in [1.29, 1.82) is 0 Å². The lowest BCUT2D eigenvalue weighted by Gasteiger charge is -2.09. The van der Waals surface area contributed by atoms with E-state index >= 15 is 0 Å². The molecule has 2 atom stereocenters. The fourth-order valence-corrected chi connectivity index (χ4v) is 1.94. The molecule has 0 heterocycles. The molecule has 1 aliphatic rings. The van der Waals surface area contributed by atoms with E-state index in [1.807, 2.05) is 0 Å². The molecule has 2 rings (SSSR count). The van der Waals surface area contributed by atoms with Crippen molar-refractivity contribution in [2.45, 2.75) is 12.3 Å². The van der Waals surface area contributed by atoms with Crippen LogP contribution in [0.3, 0.4) is 0 Å². The lowest BCUT2D eigenvalue weighted by Crippen LogP contribution is -2.03. The van der Waals surface area contributed by atoms with Crippen LogP contribution in [0.25, 0.3) is 0 Å². The summed E-state index contributed by atoms with van der Waals surface area (Å²) in [7, 11) is 1.35. The van der Waals surface area contributed by atoms with E-state index in [-0.39, 0.29) is 11.7 Å². The highest BCUT2D eigenvalue weighted by Crippen LogP contribution is 2.50. The van der Waals surface area contributed by atoms with Gasteiger partial charge in [0.1, 0.15) is 0 Å². The van der Waals surface area contributed by atoms with E-state index in [0.29, 0.717) is 12.5 Å². The van der Waals surface area contributed by atoms with Crippen molar-refractivity contribution >= 4 is 0 Å². The summed E-state index contributed by atoms with van der Waals surface area (Å²) in [5.41, 5.74) is 6.24. The fourth-order valence-electron chi connectivity index (χ4n) is 1.94. The number of hydrogen-bond acceptors (Lipinski definition) is 2. The Hall–Kier alpha value is -1.16. The molecule has 1 aromatic carbocycles. The van der Waals surface area contributed by atoms with Crippen LogP contribution in [0.15, 0.2) is 12.1 Å². The molecule has 0 amide bonds. The first-order chi connectivity index (χ1) is 7.19. The van der Waals surface area contributed by atoms with Crippen LogP contribution in [0.1, 0.15) is 17.9 Å². The summed E-state index contributed by atoms with van der Waals surface area (Å²) >= 11 is 0. The Morgan fingerprint density at radius 1 is 1.47 bits per heavy atom. The molecule has 0 saturated heterocycles. The average Bonchev–Trinajstić information content (AvgIpc) is 3.01. The minimum atomic E-state index is -0.905. The zero-order valence-electron chi connectivity index (χ0n) is 8.47. The molecular weight excluding hydrogens is 200 g/mol.